The molecule has 0 saturated heterocycles. The largest absolute Gasteiger partial charge is 0.497 e. The molecule has 0 aromatic heterocycles. The predicted octanol–water partition coefficient (Wildman–Crippen LogP) is 4.44. The lowest BCUT2D eigenvalue weighted by atomic mass is 10.0. The van der Waals surface area contributed by atoms with Gasteiger partial charge in [0.25, 0.3) is 0 Å². The fourth-order valence-corrected chi connectivity index (χ4v) is 3.26. The van der Waals surface area contributed by atoms with Crippen LogP contribution in [0.4, 0.5) is 0 Å². The standard InChI is InChI=1S/C21H21N3O2S/c1-25-17-10-8-16-9-11-20(26-2)19(18(16)12-17)13-23-24-21(22)27-14-15-6-4-3-5-7-15/h3-13H,14H2,1-2H3,(H2,22,24). The zero-order valence-electron chi connectivity index (χ0n) is 15.3. The van der Waals surface area contributed by atoms with Crippen molar-refractivity contribution in [3.05, 3.63) is 71.8 Å². The number of hydrogen-bond acceptors (Lipinski definition) is 5. The van der Waals surface area contributed by atoms with E-state index in [1.54, 1.807) is 20.4 Å². The molecule has 0 radical (unpaired) electrons. The van der Waals surface area contributed by atoms with E-state index in [0.29, 0.717) is 10.9 Å². The molecule has 0 aliphatic heterocycles. The Hall–Kier alpha value is -2.99. The number of ether oxygens (including phenoxy) is 2. The molecule has 6 heteroatoms. The van der Waals surface area contributed by atoms with Gasteiger partial charge in [-0.15, -0.1) is 5.10 Å². The average Bonchev–Trinajstić information content (AvgIpc) is 2.72. The molecular formula is C21H21N3O2S. The summed E-state index contributed by atoms with van der Waals surface area (Å²) in [5.74, 6) is 2.23. The number of methoxy groups -OCH3 is 2. The number of fused-ring (bicyclic) bond motifs is 1. The van der Waals surface area contributed by atoms with E-state index < -0.39 is 0 Å². The summed E-state index contributed by atoms with van der Waals surface area (Å²) >= 11 is 1.45. The fraction of sp³-hybridized carbons (Fsp3) is 0.143. The van der Waals surface area contributed by atoms with Crippen LogP contribution >= 0.6 is 11.8 Å². The SMILES string of the molecule is COc1ccc2ccc(OC)c(C=NN=C(N)SCc3ccccc3)c2c1. The first-order valence-corrected chi connectivity index (χ1v) is 9.38. The maximum atomic E-state index is 5.96. The lowest BCUT2D eigenvalue weighted by Crippen LogP contribution is -2.06. The van der Waals surface area contributed by atoms with Crippen LogP contribution in [0.1, 0.15) is 11.1 Å². The van der Waals surface area contributed by atoms with Crippen molar-refractivity contribution >= 4 is 33.9 Å². The number of nitrogens with zero attached hydrogens (tertiary/aromatic N) is 2. The van der Waals surface area contributed by atoms with Crippen molar-refractivity contribution in [2.24, 2.45) is 15.9 Å². The summed E-state index contributed by atoms with van der Waals surface area (Å²) < 4.78 is 10.8. The summed E-state index contributed by atoms with van der Waals surface area (Å²) in [6.07, 6.45) is 1.66. The van der Waals surface area contributed by atoms with Crippen LogP contribution in [-0.2, 0) is 5.75 Å². The Morgan fingerprint density at radius 1 is 1.04 bits per heavy atom. The molecule has 0 aliphatic rings. The van der Waals surface area contributed by atoms with Gasteiger partial charge >= 0.3 is 0 Å². The molecule has 0 aliphatic carbocycles. The topological polar surface area (TPSA) is 69.2 Å². The molecule has 3 aromatic carbocycles. The van der Waals surface area contributed by atoms with E-state index in [-0.39, 0.29) is 0 Å². The molecule has 138 valence electrons. The van der Waals surface area contributed by atoms with Crippen molar-refractivity contribution in [1.82, 2.24) is 0 Å². The number of benzene rings is 3. The summed E-state index contributed by atoms with van der Waals surface area (Å²) in [5.41, 5.74) is 7.98. The molecule has 0 saturated carbocycles. The summed E-state index contributed by atoms with van der Waals surface area (Å²) in [4.78, 5) is 0. The first-order valence-electron chi connectivity index (χ1n) is 8.39. The first kappa shape index (κ1) is 18.8. The first-order chi connectivity index (χ1) is 13.2. The molecular weight excluding hydrogens is 358 g/mol. The van der Waals surface area contributed by atoms with Gasteiger partial charge in [0, 0.05) is 11.3 Å². The molecule has 2 N–H and O–H groups in total. The highest BCUT2D eigenvalue weighted by Crippen LogP contribution is 2.29. The van der Waals surface area contributed by atoms with Crippen molar-refractivity contribution in [3.63, 3.8) is 0 Å². The molecule has 0 bridgehead atoms. The zero-order valence-corrected chi connectivity index (χ0v) is 16.1. The third-order valence-corrected chi connectivity index (χ3v) is 4.88. The van der Waals surface area contributed by atoms with Crippen LogP contribution < -0.4 is 15.2 Å². The maximum absolute atomic E-state index is 5.96. The fourth-order valence-electron chi connectivity index (χ4n) is 2.64. The number of hydrogen-bond donors (Lipinski definition) is 1. The second-order valence-corrected chi connectivity index (χ2v) is 6.72. The molecule has 0 unspecified atom stereocenters. The Bertz CT molecular complexity index is 967. The van der Waals surface area contributed by atoms with Crippen molar-refractivity contribution in [1.29, 1.82) is 0 Å². The van der Waals surface area contributed by atoms with E-state index in [1.165, 1.54) is 17.3 Å². The summed E-state index contributed by atoms with van der Waals surface area (Å²) in [7, 11) is 3.27. The van der Waals surface area contributed by atoms with Gasteiger partial charge in [0.2, 0.25) is 0 Å². The predicted molar refractivity (Wildman–Crippen MR) is 114 cm³/mol. The zero-order chi connectivity index (χ0) is 19.1. The Labute approximate surface area is 162 Å². The van der Waals surface area contributed by atoms with Gasteiger partial charge < -0.3 is 15.2 Å². The van der Waals surface area contributed by atoms with Gasteiger partial charge in [0.05, 0.1) is 20.4 Å². The Kier molecular flexibility index (Phi) is 6.33. The van der Waals surface area contributed by atoms with E-state index in [2.05, 4.69) is 22.3 Å². The van der Waals surface area contributed by atoms with Crippen molar-refractivity contribution in [3.8, 4) is 11.5 Å². The van der Waals surface area contributed by atoms with Crippen LogP contribution in [0.15, 0.2) is 70.9 Å². The molecule has 0 spiro atoms. The lowest BCUT2D eigenvalue weighted by molar-refractivity contribution is 0.413. The van der Waals surface area contributed by atoms with E-state index in [9.17, 15) is 0 Å². The van der Waals surface area contributed by atoms with Crippen LogP contribution in [0.3, 0.4) is 0 Å². The minimum absolute atomic E-state index is 0.409. The van der Waals surface area contributed by atoms with Gasteiger partial charge in [-0.3, -0.25) is 0 Å². The molecule has 0 amide bonds. The van der Waals surface area contributed by atoms with E-state index >= 15 is 0 Å². The summed E-state index contributed by atoms with van der Waals surface area (Å²) in [5, 5.41) is 10.7. The number of amidine groups is 1. The van der Waals surface area contributed by atoms with Crippen molar-refractivity contribution < 1.29 is 9.47 Å². The van der Waals surface area contributed by atoms with E-state index in [4.69, 9.17) is 15.2 Å². The van der Waals surface area contributed by atoms with Crippen LogP contribution in [0.25, 0.3) is 10.8 Å². The highest BCUT2D eigenvalue weighted by atomic mass is 32.2. The lowest BCUT2D eigenvalue weighted by Gasteiger charge is -2.09. The van der Waals surface area contributed by atoms with E-state index in [1.807, 2.05) is 48.5 Å². The Balaban J connectivity index is 1.81. The van der Waals surface area contributed by atoms with Gasteiger partial charge in [-0.1, -0.05) is 54.2 Å². The second-order valence-electron chi connectivity index (χ2n) is 5.73. The van der Waals surface area contributed by atoms with E-state index in [0.717, 1.165) is 27.8 Å². The van der Waals surface area contributed by atoms with Crippen LogP contribution in [0, 0.1) is 0 Å². The van der Waals surface area contributed by atoms with Crippen molar-refractivity contribution in [2.45, 2.75) is 5.75 Å². The molecule has 3 rings (SSSR count). The molecule has 0 atom stereocenters. The van der Waals surface area contributed by atoms with Gasteiger partial charge in [0.1, 0.15) is 11.5 Å². The van der Waals surface area contributed by atoms with Crippen molar-refractivity contribution in [2.75, 3.05) is 14.2 Å². The molecule has 27 heavy (non-hydrogen) atoms. The van der Waals surface area contributed by atoms with Crippen LogP contribution in [0.2, 0.25) is 0 Å². The Morgan fingerprint density at radius 3 is 2.56 bits per heavy atom. The molecule has 3 aromatic rings. The number of nitrogens with two attached hydrogens (primary N) is 1. The monoisotopic (exact) mass is 379 g/mol. The maximum Gasteiger partial charge on any atom is 0.180 e. The second kappa shape index (κ2) is 9.09. The smallest absolute Gasteiger partial charge is 0.180 e. The third kappa shape index (κ3) is 4.80. The molecule has 0 fully saturated rings. The van der Waals surface area contributed by atoms with Crippen LogP contribution in [0.5, 0.6) is 11.5 Å². The molecule has 5 nitrogen and oxygen atoms in total. The Morgan fingerprint density at radius 2 is 1.81 bits per heavy atom. The van der Waals surface area contributed by atoms with Crippen LogP contribution in [-0.4, -0.2) is 25.6 Å². The summed E-state index contributed by atoms with van der Waals surface area (Å²) in [6, 6.07) is 19.9. The number of rotatable bonds is 6. The van der Waals surface area contributed by atoms with Gasteiger partial charge in [0.15, 0.2) is 5.17 Å². The summed E-state index contributed by atoms with van der Waals surface area (Å²) in [6.45, 7) is 0. The minimum Gasteiger partial charge on any atom is -0.497 e. The quantitative estimate of drug-likeness (QED) is 0.391. The van der Waals surface area contributed by atoms with Gasteiger partial charge in [-0.2, -0.15) is 5.10 Å². The third-order valence-electron chi connectivity index (χ3n) is 4.02. The number of thioether (sulfide) groups is 1. The van der Waals surface area contributed by atoms with Gasteiger partial charge in [-0.05, 0) is 34.5 Å². The molecule has 0 heterocycles. The average molecular weight is 379 g/mol. The highest BCUT2D eigenvalue weighted by Gasteiger charge is 2.08. The minimum atomic E-state index is 0.409. The highest BCUT2D eigenvalue weighted by molar-refractivity contribution is 8.13. The normalized spacial score (nSPS) is 11.9. The van der Waals surface area contributed by atoms with Gasteiger partial charge in [-0.25, -0.2) is 0 Å².